The van der Waals surface area contributed by atoms with E-state index in [0.717, 1.165) is 24.5 Å². The summed E-state index contributed by atoms with van der Waals surface area (Å²) >= 11 is 0. The first-order chi connectivity index (χ1) is 13.5. The summed E-state index contributed by atoms with van der Waals surface area (Å²) in [7, 11) is 0. The highest BCUT2D eigenvalue weighted by Gasteiger charge is 2.18. The van der Waals surface area contributed by atoms with Crippen LogP contribution in [0.15, 0.2) is 42.6 Å². The third-order valence-corrected chi connectivity index (χ3v) is 4.84. The number of hydrogen-bond donors (Lipinski definition) is 1. The van der Waals surface area contributed by atoms with Gasteiger partial charge in [-0.1, -0.05) is 32.0 Å². The van der Waals surface area contributed by atoms with E-state index in [1.165, 1.54) is 5.56 Å². The molecule has 1 N–H and O–H groups in total. The first-order valence-corrected chi connectivity index (χ1v) is 9.85. The molecule has 1 aromatic heterocycles. The molecule has 150 valence electrons. The first kappa shape index (κ1) is 20.1. The molecule has 1 aromatic carbocycles. The van der Waals surface area contributed by atoms with Crippen LogP contribution in [-0.4, -0.2) is 43.3 Å². The van der Waals surface area contributed by atoms with Crippen LogP contribution >= 0.6 is 0 Å². The minimum Gasteiger partial charge on any atom is -0.481 e. The van der Waals surface area contributed by atoms with Gasteiger partial charge >= 0.3 is 0 Å². The van der Waals surface area contributed by atoms with E-state index >= 15 is 0 Å². The van der Waals surface area contributed by atoms with E-state index < -0.39 is 6.10 Å². The van der Waals surface area contributed by atoms with E-state index in [4.69, 9.17) is 9.47 Å². The van der Waals surface area contributed by atoms with Crippen LogP contribution in [0.4, 0.5) is 5.82 Å². The fourth-order valence-electron chi connectivity index (χ4n) is 3.16. The van der Waals surface area contributed by atoms with Gasteiger partial charge in [0.15, 0.2) is 6.10 Å². The Morgan fingerprint density at radius 1 is 1.21 bits per heavy atom. The smallest absolute Gasteiger partial charge is 0.261 e. The van der Waals surface area contributed by atoms with E-state index in [-0.39, 0.29) is 5.91 Å². The van der Waals surface area contributed by atoms with Crippen molar-refractivity contribution in [2.24, 2.45) is 0 Å². The zero-order valence-electron chi connectivity index (χ0n) is 16.9. The maximum atomic E-state index is 12.5. The topological polar surface area (TPSA) is 63.7 Å². The van der Waals surface area contributed by atoms with Crippen LogP contribution < -0.4 is 15.0 Å². The fraction of sp³-hybridized carbons (Fsp3) is 0.455. The number of aromatic nitrogens is 1. The summed E-state index contributed by atoms with van der Waals surface area (Å²) in [5.41, 5.74) is 2.18. The average molecular weight is 383 g/mol. The highest BCUT2D eigenvalue weighted by atomic mass is 16.5. The molecule has 0 bridgehead atoms. The van der Waals surface area contributed by atoms with Crippen molar-refractivity contribution in [1.82, 2.24) is 10.3 Å². The summed E-state index contributed by atoms with van der Waals surface area (Å²) in [5, 5.41) is 2.97. The first-order valence-electron chi connectivity index (χ1n) is 9.85. The van der Waals surface area contributed by atoms with Gasteiger partial charge in [-0.25, -0.2) is 4.98 Å². The Hall–Kier alpha value is -2.60. The molecule has 0 radical (unpaired) electrons. The van der Waals surface area contributed by atoms with Crippen molar-refractivity contribution < 1.29 is 14.3 Å². The van der Waals surface area contributed by atoms with Gasteiger partial charge in [0.2, 0.25) is 0 Å². The van der Waals surface area contributed by atoms with Crippen molar-refractivity contribution >= 4 is 11.7 Å². The van der Waals surface area contributed by atoms with Gasteiger partial charge in [-0.2, -0.15) is 0 Å². The molecule has 1 fully saturated rings. The molecule has 1 saturated heterocycles. The number of hydrogen-bond acceptors (Lipinski definition) is 5. The monoisotopic (exact) mass is 383 g/mol. The van der Waals surface area contributed by atoms with Gasteiger partial charge in [-0.3, -0.25) is 4.79 Å². The van der Waals surface area contributed by atoms with Gasteiger partial charge in [-0.05, 0) is 36.6 Å². The molecular weight excluding hydrogens is 354 g/mol. The summed E-state index contributed by atoms with van der Waals surface area (Å²) in [4.78, 5) is 19.2. The number of benzene rings is 1. The molecule has 0 aliphatic carbocycles. The highest BCUT2D eigenvalue weighted by molar-refractivity contribution is 5.80. The minimum atomic E-state index is -0.578. The van der Waals surface area contributed by atoms with E-state index in [1.54, 1.807) is 13.1 Å². The average Bonchev–Trinajstić information content (AvgIpc) is 2.73. The molecule has 1 unspecified atom stereocenters. The zero-order valence-corrected chi connectivity index (χ0v) is 16.9. The number of morpholine rings is 1. The lowest BCUT2D eigenvalue weighted by Gasteiger charge is -2.29. The number of nitrogens with zero attached hydrogens (tertiary/aromatic N) is 2. The molecule has 1 aliphatic heterocycles. The summed E-state index contributed by atoms with van der Waals surface area (Å²) in [6, 6.07) is 11.8. The van der Waals surface area contributed by atoms with Gasteiger partial charge in [-0.15, -0.1) is 0 Å². The summed E-state index contributed by atoms with van der Waals surface area (Å²) in [5.74, 6) is 1.89. The molecule has 1 aliphatic rings. The van der Waals surface area contributed by atoms with Crippen LogP contribution in [0.5, 0.6) is 5.75 Å². The molecule has 1 atom stereocenters. The van der Waals surface area contributed by atoms with E-state index in [9.17, 15) is 4.79 Å². The van der Waals surface area contributed by atoms with Crippen LogP contribution in [0.1, 0.15) is 37.8 Å². The quantitative estimate of drug-likeness (QED) is 0.796. The Labute approximate surface area is 166 Å². The lowest BCUT2D eigenvalue weighted by Crippen LogP contribution is -2.39. The van der Waals surface area contributed by atoms with Crippen LogP contribution in [0.3, 0.4) is 0 Å². The summed E-state index contributed by atoms with van der Waals surface area (Å²) in [6.07, 6.45) is 1.20. The molecule has 1 amide bonds. The molecule has 6 nitrogen and oxygen atoms in total. The van der Waals surface area contributed by atoms with Gasteiger partial charge in [0.25, 0.3) is 5.91 Å². The standard InChI is InChI=1S/C22H29N3O3/c1-16(2)18-6-4-8-20(14-18)28-17(3)22(26)24-15-19-7-5-9-23-21(19)25-10-12-27-13-11-25/h4-9,14,16-17H,10-13,15H2,1-3H3,(H,24,26). The third kappa shape index (κ3) is 5.23. The number of carbonyl (C=O) groups excluding carboxylic acids is 1. The van der Waals surface area contributed by atoms with Gasteiger partial charge in [0.1, 0.15) is 11.6 Å². The largest absolute Gasteiger partial charge is 0.481 e. The van der Waals surface area contributed by atoms with Crippen LogP contribution in [0.2, 0.25) is 0 Å². The third-order valence-electron chi connectivity index (χ3n) is 4.84. The molecule has 0 saturated carbocycles. The number of pyridine rings is 1. The van der Waals surface area contributed by atoms with E-state index in [1.807, 2.05) is 30.3 Å². The second-order valence-electron chi connectivity index (χ2n) is 7.29. The van der Waals surface area contributed by atoms with Crippen molar-refractivity contribution in [3.63, 3.8) is 0 Å². The van der Waals surface area contributed by atoms with Gasteiger partial charge in [0, 0.05) is 31.4 Å². The molecule has 2 heterocycles. The molecule has 3 rings (SSSR count). The van der Waals surface area contributed by atoms with Gasteiger partial charge in [0.05, 0.1) is 13.2 Å². The van der Waals surface area contributed by atoms with Crippen molar-refractivity contribution in [2.45, 2.75) is 39.3 Å². The summed E-state index contributed by atoms with van der Waals surface area (Å²) in [6.45, 7) is 9.46. The second-order valence-corrected chi connectivity index (χ2v) is 7.29. The van der Waals surface area contributed by atoms with Crippen LogP contribution in [-0.2, 0) is 16.1 Å². The molecule has 28 heavy (non-hydrogen) atoms. The van der Waals surface area contributed by atoms with E-state index in [0.29, 0.717) is 31.4 Å². The Morgan fingerprint density at radius 2 is 2.00 bits per heavy atom. The zero-order chi connectivity index (χ0) is 19.9. The van der Waals surface area contributed by atoms with Crippen molar-refractivity contribution in [2.75, 3.05) is 31.2 Å². The Kier molecular flexibility index (Phi) is 6.87. The van der Waals surface area contributed by atoms with Crippen molar-refractivity contribution in [3.05, 3.63) is 53.7 Å². The Bertz CT molecular complexity index is 788. The van der Waals surface area contributed by atoms with Crippen molar-refractivity contribution in [3.8, 4) is 5.75 Å². The number of ether oxygens (including phenoxy) is 2. The Balaban J connectivity index is 1.59. The maximum Gasteiger partial charge on any atom is 0.261 e. The number of amides is 1. The van der Waals surface area contributed by atoms with Gasteiger partial charge < -0.3 is 19.7 Å². The number of carbonyl (C=O) groups is 1. The normalized spacial score (nSPS) is 15.4. The predicted octanol–water partition coefficient (Wildman–Crippen LogP) is 3.13. The Morgan fingerprint density at radius 3 is 2.75 bits per heavy atom. The van der Waals surface area contributed by atoms with Crippen LogP contribution in [0, 0.1) is 0 Å². The number of anilines is 1. The molecular formula is C22H29N3O3. The van der Waals surface area contributed by atoms with Crippen molar-refractivity contribution in [1.29, 1.82) is 0 Å². The molecule has 0 spiro atoms. The predicted molar refractivity (Wildman–Crippen MR) is 110 cm³/mol. The number of rotatable bonds is 7. The number of nitrogens with one attached hydrogen (secondary N) is 1. The SMILES string of the molecule is CC(Oc1cccc(C(C)C)c1)C(=O)NCc1cccnc1N1CCOCC1. The highest BCUT2D eigenvalue weighted by Crippen LogP contribution is 2.21. The maximum absolute atomic E-state index is 12.5. The fourth-order valence-corrected chi connectivity index (χ4v) is 3.16. The lowest BCUT2D eigenvalue weighted by molar-refractivity contribution is -0.127. The van der Waals surface area contributed by atoms with Crippen LogP contribution in [0.25, 0.3) is 0 Å². The molecule has 6 heteroatoms. The minimum absolute atomic E-state index is 0.147. The molecule has 2 aromatic rings. The second kappa shape index (κ2) is 9.55. The lowest BCUT2D eigenvalue weighted by atomic mass is 10.0. The van der Waals surface area contributed by atoms with E-state index in [2.05, 4.69) is 35.1 Å². The summed E-state index contributed by atoms with van der Waals surface area (Å²) < 4.78 is 11.3.